The van der Waals surface area contributed by atoms with Gasteiger partial charge < -0.3 is 4.90 Å². The van der Waals surface area contributed by atoms with E-state index in [1.807, 2.05) is 34.5 Å². The SMILES string of the molecule is N#Cc1ccccc1-c1cc(C(=O)N2CCCCC2)cs1. The van der Waals surface area contributed by atoms with Gasteiger partial charge in [-0.1, -0.05) is 18.2 Å². The van der Waals surface area contributed by atoms with Crippen LogP contribution < -0.4 is 0 Å². The molecule has 0 bridgehead atoms. The third-order valence-electron chi connectivity index (χ3n) is 3.80. The predicted molar refractivity (Wildman–Crippen MR) is 84.2 cm³/mol. The standard InChI is InChI=1S/C17H16N2OS/c18-11-13-6-2-3-7-15(13)16-10-14(12-21-16)17(20)19-8-4-1-5-9-19/h2-3,6-7,10,12H,1,4-5,8-9H2. The maximum atomic E-state index is 12.5. The lowest BCUT2D eigenvalue weighted by Gasteiger charge is -2.26. The summed E-state index contributed by atoms with van der Waals surface area (Å²) in [6, 6.07) is 11.6. The van der Waals surface area contributed by atoms with Gasteiger partial charge in [0.15, 0.2) is 0 Å². The Hall–Kier alpha value is -2.12. The lowest BCUT2D eigenvalue weighted by atomic mass is 10.1. The first-order valence-corrected chi connectivity index (χ1v) is 8.05. The highest BCUT2D eigenvalue weighted by Gasteiger charge is 2.19. The molecule has 106 valence electrons. The summed E-state index contributed by atoms with van der Waals surface area (Å²) in [5, 5.41) is 11.1. The molecule has 1 amide bonds. The lowest BCUT2D eigenvalue weighted by molar-refractivity contribution is 0.0725. The Balaban J connectivity index is 1.86. The lowest BCUT2D eigenvalue weighted by Crippen LogP contribution is -2.35. The van der Waals surface area contributed by atoms with Crippen LogP contribution in [0.1, 0.15) is 35.2 Å². The number of benzene rings is 1. The van der Waals surface area contributed by atoms with E-state index in [0.29, 0.717) is 5.56 Å². The van der Waals surface area contributed by atoms with E-state index >= 15 is 0 Å². The first-order chi connectivity index (χ1) is 10.3. The van der Waals surface area contributed by atoms with Crippen molar-refractivity contribution in [3.05, 3.63) is 46.8 Å². The van der Waals surface area contributed by atoms with Crippen LogP contribution in [0, 0.1) is 11.3 Å². The Kier molecular flexibility index (Phi) is 4.03. The number of carbonyl (C=O) groups excluding carboxylic acids is 1. The van der Waals surface area contributed by atoms with Gasteiger partial charge in [-0.25, -0.2) is 0 Å². The van der Waals surface area contributed by atoms with Gasteiger partial charge in [-0.15, -0.1) is 11.3 Å². The first kappa shape index (κ1) is 13.8. The fourth-order valence-electron chi connectivity index (χ4n) is 2.66. The van der Waals surface area contributed by atoms with Crippen molar-refractivity contribution in [1.29, 1.82) is 5.26 Å². The van der Waals surface area contributed by atoms with Gasteiger partial charge >= 0.3 is 0 Å². The maximum absolute atomic E-state index is 12.5. The Bertz CT molecular complexity index is 693. The van der Waals surface area contributed by atoms with Gasteiger partial charge in [-0.3, -0.25) is 4.79 Å². The Morgan fingerprint density at radius 1 is 1.19 bits per heavy atom. The fourth-order valence-corrected chi connectivity index (χ4v) is 3.59. The summed E-state index contributed by atoms with van der Waals surface area (Å²) in [6.45, 7) is 1.72. The zero-order valence-corrected chi connectivity index (χ0v) is 12.5. The molecule has 0 saturated carbocycles. The molecule has 3 nitrogen and oxygen atoms in total. The third kappa shape index (κ3) is 2.84. The molecule has 0 radical (unpaired) electrons. The molecule has 1 aromatic heterocycles. The molecule has 1 aliphatic rings. The van der Waals surface area contributed by atoms with Gasteiger partial charge in [0.2, 0.25) is 0 Å². The minimum atomic E-state index is 0.117. The fraction of sp³-hybridized carbons (Fsp3) is 0.294. The topological polar surface area (TPSA) is 44.1 Å². The number of piperidine rings is 1. The predicted octanol–water partition coefficient (Wildman–Crippen LogP) is 3.91. The summed E-state index contributed by atoms with van der Waals surface area (Å²) < 4.78 is 0. The molecule has 4 heteroatoms. The van der Waals surface area contributed by atoms with Gasteiger partial charge in [-0.2, -0.15) is 5.26 Å². The highest BCUT2D eigenvalue weighted by Crippen LogP contribution is 2.30. The van der Waals surface area contributed by atoms with Crippen molar-refractivity contribution in [3.63, 3.8) is 0 Å². The highest BCUT2D eigenvalue weighted by atomic mass is 32.1. The summed E-state index contributed by atoms with van der Waals surface area (Å²) >= 11 is 1.53. The van der Waals surface area contributed by atoms with E-state index in [4.69, 9.17) is 0 Å². The summed E-state index contributed by atoms with van der Waals surface area (Å²) in [7, 11) is 0. The zero-order valence-electron chi connectivity index (χ0n) is 11.7. The van der Waals surface area contributed by atoms with Crippen LogP contribution in [0.5, 0.6) is 0 Å². The second-order valence-electron chi connectivity index (χ2n) is 5.21. The highest BCUT2D eigenvalue weighted by molar-refractivity contribution is 7.13. The largest absolute Gasteiger partial charge is 0.339 e. The van der Waals surface area contributed by atoms with Gasteiger partial charge in [-0.05, 0) is 31.4 Å². The number of likely N-dealkylation sites (tertiary alicyclic amines) is 1. The van der Waals surface area contributed by atoms with Crippen LogP contribution in [0.25, 0.3) is 10.4 Å². The van der Waals surface area contributed by atoms with Crippen molar-refractivity contribution in [2.24, 2.45) is 0 Å². The molecule has 1 saturated heterocycles. The first-order valence-electron chi connectivity index (χ1n) is 7.17. The summed E-state index contributed by atoms with van der Waals surface area (Å²) in [4.78, 5) is 15.4. The average molecular weight is 296 g/mol. The molecule has 2 aromatic rings. The zero-order chi connectivity index (χ0) is 14.7. The molecular weight excluding hydrogens is 280 g/mol. The molecule has 1 aliphatic heterocycles. The van der Waals surface area contributed by atoms with E-state index in [1.165, 1.54) is 17.8 Å². The van der Waals surface area contributed by atoms with Crippen molar-refractivity contribution in [1.82, 2.24) is 4.90 Å². The second kappa shape index (κ2) is 6.11. The molecule has 0 N–H and O–H groups in total. The van der Waals surface area contributed by atoms with Gasteiger partial charge in [0, 0.05) is 28.9 Å². The molecule has 2 heterocycles. The van der Waals surface area contributed by atoms with Gasteiger partial charge in [0.25, 0.3) is 5.91 Å². The Morgan fingerprint density at radius 3 is 2.71 bits per heavy atom. The van der Waals surface area contributed by atoms with E-state index in [2.05, 4.69) is 6.07 Å². The normalized spacial score (nSPS) is 14.7. The molecule has 1 fully saturated rings. The quantitative estimate of drug-likeness (QED) is 0.843. The minimum Gasteiger partial charge on any atom is -0.339 e. The number of hydrogen-bond donors (Lipinski definition) is 0. The number of nitrogens with zero attached hydrogens (tertiary/aromatic N) is 2. The smallest absolute Gasteiger partial charge is 0.254 e. The number of carbonyl (C=O) groups is 1. The van der Waals surface area contributed by atoms with E-state index in [0.717, 1.165) is 41.9 Å². The van der Waals surface area contributed by atoms with E-state index in [-0.39, 0.29) is 5.91 Å². The Morgan fingerprint density at radius 2 is 1.95 bits per heavy atom. The van der Waals surface area contributed by atoms with Crippen molar-refractivity contribution in [2.75, 3.05) is 13.1 Å². The molecule has 1 aromatic carbocycles. The number of hydrogen-bond acceptors (Lipinski definition) is 3. The molecule has 0 atom stereocenters. The van der Waals surface area contributed by atoms with Crippen LogP contribution in [0.2, 0.25) is 0 Å². The van der Waals surface area contributed by atoms with Crippen LogP contribution in [0.15, 0.2) is 35.7 Å². The van der Waals surface area contributed by atoms with Crippen LogP contribution >= 0.6 is 11.3 Å². The molecule has 0 spiro atoms. The summed E-state index contributed by atoms with van der Waals surface area (Å²) in [5.74, 6) is 0.117. The Labute approximate surface area is 128 Å². The van der Waals surface area contributed by atoms with Crippen LogP contribution in [0.3, 0.4) is 0 Å². The van der Waals surface area contributed by atoms with E-state index < -0.39 is 0 Å². The van der Waals surface area contributed by atoms with Crippen LogP contribution in [-0.2, 0) is 0 Å². The van der Waals surface area contributed by atoms with E-state index in [1.54, 1.807) is 6.07 Å². The van der Waals surface area contributed by atoms with Crippen LogP contribution in [-0.4, -0.2) is 23.9 Å². The number of nitriles is 1. The summed E-state index contributed by atoms with van der Waals surface area (Å²) in [5.41, 5.74) is 2.30. The average Bonchev–Trinajstić information content (AvgIpc) is 3.04. The molecule has 3 rings (SSSR count). The maximum Gasteiger partial charge on any atom is 0.254 e. The van der Waals surface area contributed by atoms with Gasteiger partial charge in [0.1, 0.15) is 0 Å². The number of rotatable bonds is 2. The molecule has 21 heavy (non-hydrogen) atoms. The van der Waals surface area contributed by atoms with E-state index in [9.17, 15) is 10.1 Å². The van der Waals surface area contributed by atoms with Crippen molar-refractivity contribution >= 4 is 17.2 Å². The van der Waals surface area contributed by atoms with Crippen molar-refractivity contribution < 1.29 is 4.79 Å². The van der Waals surface area contributed by atoms with Crippen molar-refractivity contribution in [3.8, 4) is 16.5 Å². The number of amides is 1. The third-order valence-corrected chi connectivity index (χ3v) is 4.77. The van der Waals surface area contributed by atoms with Crippen LogP contribution in [0.4, 0.5) is 0 Å². The minimum absolute atomic E-state index is 0.117. The van der Waals surface area contributed by atoms with Crippen molar-refractivity contribution in [2.45, 2.75) is 19.3 Å². The molecule has 0 aliphatic carbocycles. The molecule has 0 unspecified atom stereocenters. The second-order valence-corrected chi connectivity index (χ2v) is 6.12. The van der Waals surface area contributed by atoms with Gasteiger partial charge in [0.05, 0.1) is 17.2 Å². The molecular formula is C17H16N2OS. The summed E-state index contributed by atoms with van der Waals surface area (Å²) in [6.07, 6.45) is 3.41. The monoisotopic (exact) mass is 296 g/mol. The number of thiophene rings is 1.